The first-order chi connectivity index (χ1) is 10.2. The van der Waals surface area contributed by atoms with Crippen LogP contribution in [0, 0.1) is 6.92 Å². The van der Waals surface area contributed by atoms with Crippen molar-refractivity contribution in [2.45, 2.75) is 38.6 Å². The van der Waals surface area contributed by atoms with Crippen molar-refractivity contribution < 1.29 is 4.74 Å². The van der Waals surface area contributed by atoms with Crippen LogP contribution in [0.4, 0.5) is 0 Å². The lowest BCUT2D eigenvalue weighted by Gasteiger charge is -2.23. The summed E-state index contributed by atoms with van der Waals surface area (Å²) in [7, 11) is 0. The van der Waals surface area contributed by atoms with Crippen LogP contribution in [0.1, 0.15) is 41.1 Å². The molecular formula is C19H23NO. The highest BCUT2D eigenvalue weighted by molar-refractivity contribution is 5.44. The Morgan fingerprint density at radius 2 is 2.05 bits per heavy atom. The lowest BCUT2D eigenvalue weighted by atomic mass is 9.94. The van der Waals surface area contributed by atoms with Crippen molar-refractivity contribution in [1.82, 2.24) is 0 Å². The van der Waals surface area contributed by atoms with Crippen molar-refractivity contribution in [3.8, 4) is 5.75 Å². The molecule has 110 valence electrons. The summed E-state index contributed by atoms with van der Waals surface area (Å²) < 4.78 is 5.87. The average molecular weight is 281 g/mol. The fraction of sp³-hybridized carbons (Fsp3) is 0.368. The van der Waals surface area contributed by atoms with Gasteiger partial charge in [-0.2, -0.15) is 0 Å². The zero-order valence-electron chi connectivity index (χ0n) is 12.6. The van der Waals surface area contributed by atoms with E-state index in [4.69, 9.17) is 10.5 Å². The van der Waals surface area contributed by atoms with Crippen molar-refractivity contribution in [2.24, 2.45) is 5.73 Å². The van der Waals surface area contributed by atoms with Crippen LogP contribution in [0.5, 0.6) is 5.75 Å². The van der Waals surface area contributed by atoms with Gasteiger partial charge < -0.3 is 10.5 Å². The molecule has 0 radical (unpaired) electrons. The Kier molecular flexibility index (Phi) is 4.26. The Labute approximate surface area is 126 Å². The lowest BCUT2D eigenvalue weighted by molar-refractivity contribution is 0.283. The van der Waals surface area contributed by atoms with Crippen molar-refractivity contribution in [1.29, 1.82) is 0 Å². The standard InChI is InChI=1S/C19H23NO/c1-14-5-2-6-15(13-14)10-11-18(20)17-9-3-7-16-8-4-12-21-19(16)17/h2-3,5-7,9,13,18H,4,8,10-12,20H2,1H3. The van der Waals surface area contributed by atoms with Crippen molar-refractivity contribution in [2.75, 3.05) is 6.61 Å². The summed E-state index contributed by atoms with van der Waals surface area (Å²) >= 11 is 0. The number of aryl methyl sites for hydroxylation is 3. The van der Waals surface area contributed by atoms with E-state index in [9.17, 15) is 0 Å². The van der Waals surface area contributed by atoms with Crippen LogP contribution < -0.4 is 10.5 Å². The number of nitrogens with two attached hydrogens (primary N) is 1. The Bertz CT molecular complexity index is 621. The number of rotatable bonds is 4. The van der Waals surface area contributed by atoms with Crippen LogP contribution in [0.3, 0.4) is 0 Å². The highest BCUT2D eigenvalue weighted by Crippen LogP contribution is 2.33. The van der Waals surface area contributed by atoms with E-state index in [1.165, 1.54) is 22.3 Å². The molecule has 2 aromatic carbocycles. The molecule has 0 spiro atoms. The van der Waals surface area contributed by atoms with Crippen LogP contribution >= 0.6 is 0 Å². The van der Waals surface area contributed by atoms with Gasteiger partial charge in [-0.1, -0.05) is 48.0 Å². The van der Waals surface area contributed by atoms with E-state index >= 15 is 0 Å². The van der Waals surface area contributed by atoms with Gasteiger partial charge in [-0.05, 0) is 43.7 Å². The minimum atomic E-state index is 0.0403. The highest BCUT2D eigenvalue weighted by atomic mass is 16.5. The van der Waals surface area contributed by atoms with E-state index in [2.05, 4.69) is 49.4 Å². The summed E-state index contributed by atoms with van der Waals surface area (Å²) in [6, 6.07) is 15.1. The van der Waals surface area contributed by atoms with Gasteiger partial charge in [0.05, 0.1) is 6.61 Å². The summed E-state index contributed by atoms with van der Waals surface area (Å²) in [4.78, 5) is 0. The quantitative estimate of drug-likeness (QED) is 0.921. The largest absolute Gasteiger partial charge is 0.493 e. The predicted octanol–water partition coefficient (Wildman–Crippen LogP) is 3.95. The minimum Gasteiger partial charge on any atom is -0.493 e. The van der Waals surface area contributed by atoms with E-state index in [0.717, 1.165) is 38.0 Å². The first kappa shape index (κ1) is 14.2. The molecule has 0 bridgehead atoms. The van der Waals surface area contributed by atoms with E-state index in [1.807, 2.05) is 0 Å². The monoisotopic (exact) mass is 281 g/mol. The Balaban J connectivity index is 1.72. The van der Waals surface area contributed by atoms with Crippen molar-refractivity contribution >= 4 is 0 Å². The van der Waals surface area contributed by atoms with E-state index in [-0.39, 0.29) is 6.04 Å². The number of hydrogen-bond donors (Lipinski definition) is 1. The molecule has 1 unspecified atom stereocenters. The molecule has 0 fully saturated rings. The summed E-state index contributed by atoms with van der Waals surface area (Å²) in [5.41, 5.74) is 11.6. The smallest absolute Gasteiger partial charge is 0.127 e. The van der Waals surface area contributed by atoms with Gasteiger partial charge in [-0.3, -0.25) is 0 Å². The molecule has 21 heavy (non-hydrogen) atoms. The summed E-state index contributed by atoms with van der Waals surface area (Å²) in [6.07, 6.45) is 4.17. The van der Waals surface area contributed by atoms with E-state index in [0.29, 0.717) is 0 Å². The Morgan fingerprint density at radius 1 is 1.19 bits per heavy atom. The molecule has 3 rings (SSSR count). The molecule has 1 atom stereocenters. The van der Waals surface area contributed by atoms with Gasteiger partial charge in [0.25, 0.3) is 0 Å². The van der Waals surface area contributed by atoms with Crippen LogP contribution in [0.2, 0.25) is 0 Å². The molecule has 0 amide bonds. The molecule has 0 saturated heterocycles. The van der Waals surface area contributed by atoms with Crippen molar-refractivity contribution in [3.05, 3.63) is 64.7 Å². The molecular weight excluding hydrogens is 258 g/mol. The maximum atomic E-state index is 6.42. The van der Waals surface area contributed by atoms with E-state index in [1.54, 1.807) is 0 Å². The first-order valence-corrected chi connectivity index (χ1v) is 7.80. The van der Waals surface area contributed by atoms with Crippen LogP contribution in [0.25, 0.3) is 0 Å². The fourth-order valence-electron chi connectivity index (χ4n) is 3.05. The van der Waals surface area contributed by atoms with Crippen LogP contribution in [-0.4, -0.2) is 6.61 Å². The number of fused-ring (bicyclic) bond motifs is 1. The fourth-order valence-corrected chi connectivity index (χ4v) is 3.05. The topological polar surface area (TPSA) is 35.2 Å². The summed E-state index contributed by atoms with van der Waals surface area (Å²) in [5.74, 6) is 1.04. The first-order valence-electron chi connectivity index (χ1n) is 7.80. The van der Waals surface area contributed by atoms with Crippen molar-refractivity contribution in [3.63, 3.8) is 0 Å². The zero-order valence-corrected chi connectivity index (χ0v) is 12.6. The molecule has 2 nitrogen and oxygen atoms in total. The number of hydrogen-bond acceptors (Lipinski definition) is 2. The van der Waals surface area contributed by atoms with Crippen LogP contribution in [0.15, 0.2) is 42.5 Å². The molecule has 2 heteroatoms. The third-order valence-corrected chi connectivity index (χ3v) is 4.19. The molecule has 1 aliphatic rings. The second-order valence-electron chi connectivity index (χ2n) is 5.92. The lowest BCUT2D eigenvalue weighted by Crippen LogP contribution is -2.17. The summed E-state index contributed by atoms with van der Waals surface area (Å²) in [6.45, 7) is 2.94. The van der Waals surface area contributed by atoms with Gasteiger partial charge in [0.15, 0.2) is 0 Å². The summed E-state index contributed by atoms with van der Waals surface area (Å²) in [5, 5.41) is 0. The van der Waals surface area contributed by atoms with Gasteiger partial charge in [0, 0.05) is 11.6 Å². The molecule has 0 aliphatic carbocycles. The predicted molar refractivity (Wildman–Crippen MR) is 86.7 cm³/mol. The maximum absolute atomic E-state index is 6.42. The van der Waals surface area contributed by atoms with Gasteiger partial charge in [-0.25, -0.2) is 0 Å². The minimum absolute atomic E-state index is 0.0403. The molecule has 2 N–H and O–H groups in total. The second-order valence-corrected chi connectivity index (χ2v) is 5.92. The third-order valence-electron chi connectivity index (χ3n) is 4.19. The normalized spacial score (nSPS) is 15.1. The second kappa shape index (κ2) is 6.31. The van der Waals surface area contributed by atoms with Gasteiger partial charge in [0.2, 0.25) is 0 Å². The number of para-hydroxylation sites is 1. The Morgan fingerprint density at radius 3 is 2.90 bits per heavy atom. The van der Waals surface area contributed by atoms with E-state index < -0.39 is 0 Å². The van der Waals surface area contributed by atoms with Crippen LogP contribution in [-0.2, 0) is 12.8 Å². The van der Waals surface area contributed by atoms with Gasteiger partial charge >= 0.3 is 0 Å². The van der Waals surface area contributed by atoms with Gasteiger partial charge in [-0.15, -0.1) is 0 Å². The SMILES string of the molecule is Cc1cccc(CCC(N)c2cccc3c2OCCC3)c1. The molecule has 1 aliphatic heterocycles. The molecule has 1 heterocycles. The average Bonchev–Trinajstić information content (AvgIpc) is 2.52. The molecule has 0 aromatic heterocycles. The Hall–Kier alpha value is -1.80. The van der Waals surface area contributed by atoms with Gasteiger partial charge in [0.1, 0.15) is 5.75 Å². The molecule has 0 saturated carbocycles. The maximum Gasteiger partial charge on any atom is 0.127 e. The number of ether oxygens (including phenoxy) is 1. The zero-order chi connectivity index (χ0) is 14.7. The molecule has 2 aromatic rings. The number of benzene rings is 2. The third kappa shape index (κ3) is 3.27. The highest BCUT2D eigenvalue weighted by Gasteiger charge is 2.18.